The average Bonchev–Trinajstić information content (AvgIpc) is 3.54. The fourth-order valence-corrected chi connectivity index (χ4v) is 8.83. The average molecular weight is 613 g/mol. The predicted molar refractivity (Wildman–Crippen MR) is 179 cm³/mol. The molecule has 0 N–H and O–H groups in total. The number of thiophene rings is 1. The van der Waals surface area contributed by atoms with Crippen LogP contribution in [0.2, 0.25) is 0 Å². The Labute approximate surface area is 254 Å². The molecule has 0 saturated carbocycles. The van der Waals surface area contributed by atoms with Crippen LogP contribution in [0.5, 0.6) is 0 Å². The van der Waals surface area contributed by atoms with Crippen LogP contribution >= 0.6 is 27.3 Å². The zero-order chi connectivity index (χ0) is 28.1. The van der Waals surface area contributed by atoms with Crippen LogP contribution in [0.1, 0.15) is 49.9 Å². The lowest BCUT2D eigenvalue weighted by atomic mass is 9.82. The van der Waals surface area contributed by atoms with Gasteiger partial charge in [0.1, 0.15) is 0 Å². The number of nitrogens with zero attached hydrogens (tertiary/aromatic N) is 1. The normalized spacial score (nSPS) is 15.3. The van der Waals surface area contributed by atoms with E-state index in [2.05, 4.69) is 158 Å². The SMILES string of the molecule is CC1(C)c2ccccc2-c2ccc(N(c3ccc4c(c3)C(C)(C)c3ccccc3-4)c3ccc4cc(Br)sc4c3)cc21. The van der Waals surface area contributed by atoms with E-state index in [1.807, 2.05) is 0 Å². The quantitative estimate of drug-likeness (QED) is 0.192. The first kappa shape index (κ1) is 25.1. The van der Waals surface area contributed by atoms with Crippen molar-refractivity contribution < 1.29 is 0 Å². The Bertz CT molecular complexity index is 1920. The van der Waals surface area contributed by atoms with Gasteiger partial charge in [-0.1, -0.05) is 94.4 Å². The topological polar surface area (TPSA) is 3.24 Å². The van der Waals surface area contributed by atoms with Gasteiger partial charge in [0.05, 0.1) is 3.79 Å². The maximum Gasteiger partial charge on any atom is 0.0711 e. The number of halogens is 1. The third kappa shape index (κ3) is 3.58. The van der Waals surface area contributed by atoms with Gasteiger partial charge in [0.15, 0.2) is 0 Å². The molecule has 0 spiro atoms. The molecule has 1 heterocycles. The van der Waals surface area contributed by atoms with E-state index in [4.69, 9.17) is 0 Å². The lowest BCUT2D eigenvalue weighted by molar-refractivity contribution is 0.660. The van der Waals surface area contributed by atoms with Crippen LogP contribution in [0.4, 0.5) is 17.1 Å². The lowest BCUT2D eigenvalue weighted by Crippen LogP contribution is -2.18. The summed E-state index contributed by atoms with van der Waals surface area (Å²) < 4.78 is 2.44. The summed E-state index contributed by atoms with van der Waals surface area (Å²) in [5.74, 6) is 0. The molecular formula is C38H30BrNS. The first-order valence-corrected chi connectivity index (χ1v) is 15.8. The van der Waals surface area contributed by atoms with Crippen molar-refractivity contribution in [1.82, 2.24) is 0 Å². The monoisotopic (exact) mass is 611 g/mol. The molecule has 0 aliphatic heterocycles. The standard InChI is InChI=1S/C38H30BrNS/c1-37(2)31-11-7-5-9-27(31)29-17-15-24(20-33(29)37)40(26-14-13-23-19-36(39)41-35(23)22-26)25-16-18-30-28-10-6-8-12-32(28)38(3,4)34(30)21-25/h5-22H,1-4H3. The van der Waals surface area contributed by atoms with Gasteiger partial charge in [-0.3, -0.25) is 0 Å². The fourth-order valence-electron chi connectivity index (χ4n) is 7.24. The maximum absolute atomic E-state index is 3.70. The summed E-state index contributed by atoms with van der Waals surface area (Å²) >= 11 is 5.49. The summed E-state index contributed by atoms with van der Waals surface area (Å²) in [6.45, 7) is 9.43. The van der Waals surface area contributed by atoms with Crippen LogP contribution in [0.15, 0.2) is 113 Å². The minimum absolute atomic E-state index is 0.0578. The predicted octanol–water partition coefficient (Wildman–Crippen LogP) is 11.7. The maximum atomic E-state index is 3.70. The number of hydrogen-bond donors (Lipinski definition) is 0. The summed E-state index contributed by atoms with van der Waals surface area (Å²) in [6, 6.07) is 40.9. The fraction of sp³-hybridized carbons (Fsp3) is 0.158. The molecule has 0 fully saturated rings. The second kappa shape index (κ2) is 8.67. The largest absolute Gasteiger partial charge is 0.310 e. The third-order valence-corrected chi connectivity index (χ3v) is 11.0. The summed E-state index contributed by atoms with van der Waals surface area (Å²) in [6.07, 6.45) is 0. The molecule has 200 valence electrons. The van der Waals surface area contributed by atoms with E-state index in [-0.39, 0.29) is 10.8 Å². The summed E-state index contributed by atoms with van der Waals surface area (Å²) in [4.78, 5) is 2.45. The molecule has 0 atom stereocenters. The Balaban J connectivity index is 1.34. The minimum atomic E-state index is -0.0578. The van der Waals surface area contributed by atoms with Gasteiger partial charge >= 0.3 is 0 Å². The Hall–Kier alpha value is -3.66. The minimum Gasteiger partial charge on any atom is -0.310 e. The van der Waals surface area contributed by atoms with Crippen LogP contribution < -0.4 is 4.90 Å². The zero-order valence-electron chi connectivity index (χ0n) is 23.6. The smallest absolute Gasteiger partial charge is 0.0711 e. The lowest BCUT2D eigenvalue weighted by Gasteiger charge is -2.29. The Morgan fingerprint density at radius 2 is 0.976 bits per heavy atom. The molecule has 0 amide bonds. The number of rotatable bonds is 3. The summed E-state index contributed by atoms with van der Waals surface area (Å²) in [5, 5.41) is 1.27. The van der Waals surface area contributed by atoms with Gasteiger partial charge in [0, 0.05) is 32.6 Å². The van der Waals surface area contributed by atoms with E-state index in [9.17, 15) is 0 Å². The molecule has 5 aromatic carbocycles. The van der Waals surface area contributed by atoms with Gasteiger partial charge in [-0.25, -0.2) is 0 Å². The van der Waals surface area contributed by atoms with Crippen LogP contribution in [-0.4, -0.2) is 0 Å². The van der Waals surface area contributed by atoms with Crippen molar-refractivity contribution in [2.45, 2.75) is 38.5 Å². The molecular weight excluding hydrogens is 582 g/mol. The highest BCUT2D eigenvalue weighted by Crippen LogP contribution is 2.53. The van der Waals surface area contributed by atoms with Crippen LogP contribution in [-0.2, 0) is 10.8 Å². The van der Waals surface area contributed by atoms with E-state index in [0.29, 0.717) is 0 Å². The van der Waals surface area contributed by atoms with Gasteiger partial charge in [-0.15, -0.1) is 11.3 Å². The number of hydrogen-bond acceptors (Lipinski definition) is 2. The molecule has 6 aromatic rings. The second-order valence-electron chi connectivity index (χ2n) is 12.4. The second-order valence-corrected chi connectivity index (χ2v) is 14.9. The summed E-state index contributed by atoms with van der Waals surface area (Å²) in [7, 11) is 0. The highest BCUT2D eigenvalue weighted by Gasteiger charge is 2.37. The first-order chi connectivity index (χ1) is 19.7. The van der Waals surface area contributed by atoms with Gasteiger partial charge in [0.2, 0.25) is 0 Å². The van der Waals surface area contributed by atoms with Crippen molar-refractivity contribution in [3.05, 3.63) is 135 Å². The van der Waals surface area contributed by atoms with E-state index < -0.39 is 0 Å². The van der Waals surface area contributed by atoms with Crippen molar-refractivity contribution in [3.63, 3.8) is 0 Å². The number of anilines is 3. The van der Waals surface area contributed by atoms with Gasteiger partial charge in [0.25, 0.3) is 0 Å². The van der Waals surface area contributed by atoms with Crippen LogP contribution in [0.25, 0.3) is 32.3 Å². The van der Waals surface area contributed by atoms with E-state index >= 15 is 0 Å². The van der Waals surface area contributed by atoms with Gasteiger partial charge < -0.3 is 4.90 Å². The Morgan fingerprint density at radius 3 is 1.54 bits per heavy atom. The molecule has 0 saturated heterocycles. The van der Waals surface area contributed by atoms with Crippen molar-refractivity contribution in [3.8, 4) is 22.3 Å². The highest BCUT2D eigenvalue weighted by molar-refractivity contribution is 9.11. The van der Waals surface area contributed by atoms with Crippen molar-refractivity contribution >= 4 is 54.4 Å². The molecule has 1 aromatic heterocycles. The Morgan fingerprint density at radius 1 is 0.512 bits per heavy atom. The zero-order valence-corrected chi connectivity index (χ0v) is 26.0. The molecule has 0 bridgehead atoms. The Kier molecular flexibility index (Phi) is 5.31. The van der Waals surface area contributed by atoms with Crippen molar-refractivity contribution in [2.24, 2.45) is 0 Å². The summed E-state index contributed by atoms with van der Waals surface area (Å²) in [5.41, 5.74) is 14.4. The van der Waals surface area contributed by atoms with Crippen molar-refractivity contribution in [1.29, 1.82) is 0 Å². The van der Waals surface area contributed by atoms with Crippen LogP contribution in [0.3, 0.4) is 0 Å². The van der Waals surface area contributed by atoms with Gasteiger partial charge in [-0.2, -0.15) is 0 Å². The molecule has 2 aliphatic carbocycles. The van der Waals surface area contributed by atoms with Crippen LogP contribution in [0, 0.1) is 0 Å². The molecule has 0 unspecified atom stereocenters. The molecule has 8 rings (SSSR count). The number of fused-ring (bicyclic) bond motifs is 7. The van der Waals surface area contributed by atoms with Crippen molar-refractivity contribution in [2.75, 3.05) is 4.90 Å². The van der Waals surface area contributed by atoms with E-state index in [1.54, 1.807) is 11.3 Å². The first-order valence-electron chi connectivity index (χ1n) is 14.2. The van der Waals surface area contributed by atoms with E-state index in [1.165, 1.54) is 71.7 Å². The van der Waals surface area contributed by atoms with Gasteiger partial charge in [-0.05, 0) is 108 Å². The third-order valence-electron chi connectivity index (χ3n) is 9.38. The molecule has 0 radical (unpaired) electrons. The molecule has 41 heavy (non-hydrogen) atoms. The molecule has 1 nitrogen and oxygen atoms in total. The molecule has 3 heteroatoms. The highest BCUT2D eigenvalue weighted by atomic mass is 79.9. The van der Waals surface area contributed by atoms with E-state index in [0.717, 1.165) is 3.79 Å². The number of benzene rings is 5. The molecule has 2 aliphatic rings.